The Morgan fingerprint density at radius 1 is 1.24 bits per heavy atom. The van der Waals surface area contributed by atoms with E-state index in [1.54, 1.807) is 26.0 Å². The Morgan fingerprint density at radius 3 is 2.33 bits per heavy atom. The Hall–Kier alpha value is -1.33. The Labute approximate surface area is 131 Å². The number of ether oxygens (including phenoxy) is 2. The number of rotatable bonds is 6. The van der Waals surface area contributed by atoms with E-state index >= 15 is 0 Å². The summed E-state index contributed by atoms with van der Waals surface area (Å²) in [5.74, 6) is -0.349. The number of hydrogen-bond donors (Lipinski definition) is 1. The molecule has 1 aromatic carbocycles. The summed E-state index contributed by atoms with van der Waals surface area (Å²) in [6, 6.07) is 5.20. The van der Waals surface area contributed by atoms with Gasteiger partial charge in [0, 0.05) is 6.07 Å². The summed E-state index contributed by atoms with van der Waals surface area (Å²) >= 11 is 0. The van der Waals surface area contributed by atoms with Crippen LogP contribution in [0.4, 0.5) is 4.39 Å². The zero-order valence-electron chi connectivity index (χ0n) is 12.7. The predicted octanol–water partition coefficient (Wildman–Crippen LogP) is 2.93. The first-order valence-corrected chi connectivity index (χ1v) is 6.69. The summed E-state index contributed by atoms with van der Waals surface area (Å²) in [6.07, 6.45) is -0.851. The summed E-state index contributed by atoms with van der Waals surface area (Å²) < 4.78 is 24.1. The van der Waals surface area contributed by atoms with Crippen LogP contribution in [0.5, 0.6) is 5.75 Å². The number of hydrogen-bond acceptors (Lipinski definition) is 4. The summed E-state index contributed by atoms with van der Waals surface area (Å²) in [7, 11) is 0. The second-order valence-electron chi connectivity index (χ2n) is 5.21. The van der Waals surface area contributed by atoms with Gasteiger partial charge in [0.15, 0.2) is 0 Å². The van der Waals surface area contributed by atoms with Gasteiger partial charge in [-0.2, -0.15) is 0 Å². The van der Waals surface area contributed by atoms with Gasteiger partial charge in [0.25, 0.3) is 0 Å². The molecule has 0 aliphatic carbocycles. The van der Waals surface area contributed by atoms with E-state index in [2.05, 4.69) is 0 Å². The molecule has 0 fully saturated rings. The van der Waals surface area contributed by atoms with Crippen LogP contribution in [0.25, 0.3) is 0 Å². The lowest BCUT2D eigenvalue weighted by molar-refractivity contribution is -0.155. The zero-order chi connectivity index (χ0) is 15.3. The van der Waals surface area contributed by atoms with E-state index in [-0.39, 0.29) is 30.2 Å². The van der Waals surface area contributed by atoms with Crippen molar-refractivity contribution in [3.05, 3.63) is 30.1 Å². The molecule has 0 aromatic heterocycles. The maximum Gasteiger partial charge on any atom is 0.323 e. The minimum Gasteiger partial charge on any atom is -0.486 e. The molecule has 3 atom stereocenters. The third-order valence-corrected chi connectivity index (χ3v) is 2.86. The highest BCUT2D eigenvalue weighted by molar-refractivity contribution is 5.85. The molecular formula is C15H23ClFNO3. The molecule has 0 unspecified atom stereocenters. The molecule has 0 aliphatic rings. The van der Waals surface area contributed by atoms with Gasteiger partial charge >= 0.3 is 5.97 Å². The van der Waals surface area contributed by atoms with Crippen molar-refractivity contribution in [1.82, 2.24) is 0 Å². The monoisotopic (exact) mass is 319 g/mol. The Morgan fingerprint density at radius 2 is 1.86 bits per heavy atom. The summed E-state index contributed by atoms with van der Waals surface area (Å²) in [6.45, 7) is 7.19. The van der Waals surface area contributed by atoms with E-state index in [0.29, 0.717) is 5.75 Å². The molecule has 0 radical (unpaired) electrons. The van der Waals surface area contributed by atoms with Crippen LogP contribution in [-0.4, -0.2) is 24.2 Å². The van der Waals surface area contributed by atoms with Crippen molar-refractivity contribution >= 4 is 18.4 Å². The van der Waals surface area contributed by atoms with Gasteiger partial charge in [-0.3, -0.25) is 4.79 Å². The van der Waals surface area contributed by atoms with Crippen molar-refractivity contribution < 1.29 is 18.7 Å². The van der Waals surface area contributed by atoms with Crippen LogP contribution in [0, 0.1) is 11.7 Å². The molecule has 6 heteroatoms. The smallest absolute Gasteiger partial charge is 0.323 e. The maximum absolute atomic E-state index is 13.2. The fraction of sp³-hybridized carbons (Fsp3) is 0.533. The van der Waals surface area contributed by atoms with Crippen molar-refractivity contribution in [3.63, 3.8) is 0 Å². The lowest BCUT2D eigenvalue weighted by atomic mass is 10.0. The fourth-order valence-electron chi connectivity index (χ4n) is 1.83. The minimum atomic E-state index is -0.681. The number of benzene rings is 1. The molecular weight excluding hydrogens is 297 g/mol. The van der Waals surface area contributed by atoms with Crippen molar-refractivity contribution in [2.24, 2.45) is 11.7 Å². The standard InChI is InChI=1S/C15H22FNO3.ClH/c1-9(2)14(11(4)19-15(18)10(3)17)20-13-7-5-6-12(16)8-13;/h5-11,14H,17H2,1-4H3;1H/t10-,11-,14+;/m0./s1. The average molecular weight is 320 g/mol. The maximum atomic E-state index is 13.2. The molecule has 0 heterocycles. The number of carbonyl (C=O) groups is 1. The van der Waals surface area contributed by atoms with Gasteiger partial charge in [-0.05, 0) is 31.9 Å². The summed E-state index contributed by atoms with van der Waals surface area (Å²) in [4.78, 5) is 11.5. The molecule has 21 heavy (non-hydrogen) atoms. The Balaban J connectivity index is 0.00000400. The van der Waals surface area contributed by atoms with Crippen LogP contribution in [0.1, 0.15) is 27.7 Å². The summed E-state index contributed by atoms with van der Waals surface area (Å²) in [5, 5.41) is 0. The minimum absolute atomic E-state index is 0. The molecule has 1 aromatic rings. The highest BCUT2D eigenvalue weighted by atomic mass is 35.5. The molecule has 0 bridgehead atoms. The number of esters is 1. The number of halogens is 2. The SMILES string of the molecule is CC(C)[C@@H](Oc1cccc(F)c1)[C@H](C)OC(=O)[C@H](C)N.Cl. The fourth-order valence-corrected chi connectivity index (χ4v) is 1.83. The molecule has 0 amide bonds. The van der Waals surface area contributed by atoms with Gasteiger partial charge in [0.05, 0.1) is 0 Å². The summed E-state index contributed by atoms with van der Waals surface area (Å²) in [5.41, 5.74) is 5.47. The van der Waals surface area contributed by atoms with Crippen LogP contribution in [0.15, 0.2) is 24.3 Å². The Kier molecular flexibility index (Phi) is 8.29. The molecule has 120 valence electrons. The third-order valence-electron chi connectivity index (χ3n) is 2.86. The largest absolute Gasteiger partial charge is 0.486 e. The lowest BCUT2D eigenvalue weighted by Gasteiger charge is -2.28. The zero-order valence-corrected chi connectivity index (χ0v) is 13.5. The van der Waals surface area contributed by atoms with Gasteiger partial charge in [-0.1, -0.05) is 19.9 Å². The highest BCUT2D eigenvalue weighted by Gasteiger charge is 2.27. The van der Waals surface area contributed by atoms with E-state index in [0.717, 1.165) is 0 Å². The van der Waals surface area contributed by atoms with Crippen LogP contribution in [0.3, 0.4) is 0 Å². The van der Waals surface area contributed by atoms with E-state index in [9.17, 15) is 9.18 Å². The average Bonchev–Trinajstić information content (AvgIpc) is 2.35. The first-order chi connectivity index (χ1) is 9.31. The van der Waals surface area contributed by atoms with Crippen LogP contribution >= 0.6 is 12.4 Å². The van der Waals surface area contributed by atoms with Gasteiger partial charge in [0.1, 0.15) is 29.8 Å². The van der Waals surface area contributed by atoms with E-state index in [4.69, 9.17) is 15.2 Å². The molecule has 0 aliphatic heterocycles. The first-order valence-electron chi connectivity index (χ1n) is 6.69. The van der Waals surface area contributed by atoms with E-state index < -0.39 is 18.1 Å². The van der Waals surface area contributed by atoms with Crippen molar-refractivity contribution in [2.75, 3.05) is 0 Å². The van der Waals surface area contributed by atoms with Gasteiger partial charge in [0.2, 0.25) is 0 Å². The van der Waals surface area contributed by atoms with Crippen molar-refractivity contribution in [1.29, 1.82) is 0 Å². The van der Waals surface area contributed by atoms with E-state index in [1.165, 1.54) is 12.1 Å². The van der Waals surface area contributed by atoms with Crippen molar-refractivity contribution in [3.8, 4) is 5.75 Å². The molecule has 2 N–H and O–H groups in total. The first kappa shape index (κ1) is 19.7. The molecule has 0 spiro atoms. The van der Waals surface area contributed by atoms with Gasteiger partial charge < -0.3 is 15.2 Å². The second kappa shape index (κ2) is 8.85. The molecule has 0 saturated heterocycles. The van der Waals surface area contributed by atoms with Crippen molar-refractivity contribution in [2.45, 2.75) is 45.9 Å². The molecule has 1 rings (SSSR count). The molecule has 4 nitrogen and oxygen atoms in total. The van der Waals surface area contributed by atoms with Crippen LogP contribution in [-0.2, 0) is 9.53 Å². The third kappa shape index (κ3) is 6.31. The number of nitrogens with two attached hydrogens (primary N) is 1. The Bertz CT molecular complexity index is 454. The van der Waals surface area contributed by atoms with E-state index in [1.807, 2.05) is 13.8 Å². The normalized spacial score (nSPS) is 14.8. The van der Waals surface area contributed by atoms with Crippen LogP contribution < -0.4 is 10.5 Å². The van der Waals surface area contributed by atoms with Gasteiger partial charge in [-0.25, -0.2) is 4.39 Å². The van der Waals surface area contributed by atoms with Crippen LogP contribution in [0.2, 0.25) is 0 Å². The van der Waals surface area contributed by atoms with Gasteiger partial charge in [-0.15, -0.1) is 12.4 Å². The quantitative estimate of drug-likeness (QED) is 0.819. The topological polar surface area (TPSA) is 61.5 Å². The predicted molar refractivity (Wildman–Crippen MR) is 82.1 cm³/mol. The lowest BCUT2D eigenvalue weighted by Crippen LogP contribution is -2.41. The second-order valence-corrected chi connectivity index (χ2v) is 5.21. The number of carbonyl (C=O) groups excluding carboxylic acids is 1. The highest BCUT2D eigenvalue weighted by Crippen LogP contribution is 2.20. The molecule has 0 saturated carbocycles.